The zero-order chi connectivity index (χ0) is 16.1. The molecule has 3 rings (SSSR count). The highest BCUT2D eigenvalue weighted by Crippen LogP contribution is 2.18. The van der Waals surface area contributed by atoms with E-state index in [0.717, 1.165) is 30.2 Å². The number of aromatic nitrogens is 1. The van der Waals surface area contributed by atoms with Crippen LogP contribution >= 0.6 is 24.0 Å². The van der Waals surface area contributed by atoms with Crippen molar-refractivity contribution in [2.75, 3.05) is 23.3 Å². The third-order valence-corrected chi connectivity index (χ3v) is 3.96. The van der Waals surface area contributed by atoms with Crippen molar-refractivity contribution in [1.82, 2.24) is 4.98 Å². The van der Waals surface area contributed by atoms with Gasteiger partial charge in [-0.25, -0.2) is 9.98 Å². The van der Waals surface area contributed by atoms with Crippen LogP contribution < -0.4 is 16.0 Å². The molecule has 0 unspecified atom stereocenters. The summed E-state index contributed by atoms with van der Waals surface area (Å²) in [4.78, 5) is 11.2. The van der Waals surface area contributed by atoms with Crippen LogP contribution in [0.15, 0.2) is 47.6 Å². The van der Waals surface area contributed by atoms with E-state index in [1.54, 1.807) is 0 Å². The maximum Gasteiger partial charge on any atom is 0.193 e. The Balaban J connectivity index is 0.00000208. The number of guanidine groups is 1. The van der Waals surface area contributed by atoms with Crippen LogP contribution in [0.3, 0.4) is 0 Å². The van der Waals surface area contributed by atoms with E-state index in [1.165, 1.54) is 18.4 Å². The largest absolute Gasteiger partial charge is 0.370 e. The van der Waals surface area contributed by atoms with Crippen LogP contribution in [0.1, 0.15) is 24.0 Å². The van der Waals surface area contributed by atoms with E-state index in [4.69, 9.17) is 5.73 Å². The first kappa shape index (κ1) is 18.5. The zero-order valence-electron chi connectivity index (χ0n) is 13.9. The van der Waals surface area contributed by atoms with Crippen LogP contribution in [-0.2, 0) is 6.54 Å². The van der Waals surface area contributed by atoms with Crippen LogP contribution in [0, 0.1) is 6.92 Å². The molecule has 128 valence electrons. The number of halogens is 1. The van der Waals surface area contributed by atoms with E-state index in [2.05, 4.69) is 39.2 Å². The number of anilines is 2. The van der Waals surface area contributed by atoms with Gasteiger partial charge in [-0.15, -0.1) is 24.0 Å². The van der Waals surface area contributed by atoms with Crippen molar-refractivity contribution in [1.29, 1.82) is 0 Å². The predicted molar refractivity (Wildman–Crippen MR) is 111 cm³/mol. The van der Waals surface area contributed by atoms with Gasteiger partial charge in [0.15, 0.2) is 5.96 Å². The van der Waals surface area contributed by atoms with Crippen molar-refractivity contribution in [2.24, 2.45) is 10.7 Å². The summed E-state index contributed by atoms with van der Waals surface area (Å²) in [6, 6.07) is 12.2. The number of pyridine rings is 1. The molecule has 0 amide bonds. The first-order valence-corrected chi connectivity index (χ1v) is 8.04. The van der Waals surface area contributed by atoms with Crippen LogP contribution in [0.4, 0.5) is 11.5 Å². The molecule has 0 saturated carbocycles. The highest BCUT2D eigenvalue weighted by molar-refractivity contribution is 14.0. The van der Waals surface area contributed by atoms with Gasteiger partial charge < -0.3 is 16.0 Å². The molecule has 0 radical (unpaired) electrons. The van der Waals surface area contributed by atoms with Gasteiger partial charge in [-0.1, -0.05) is 12.1 Å². The van der Waals surface area contributed by atoms with Crippen molar-refractivity contribution < 1.29 is 0 Å². The molecule has 0 atom stereocenters. The minimum atomic E-state index is 0. The quantitative estimate of drug-likeness (QED) is 0.437. The normalized spacial score (nSPS) is 14.4. The molecule has 24 heavy (non-hydrogen) atoms. The minimum absolute atomic E-state index is 0. The maximum absolute atomic E-state index is 5.98. The standard InChI is InChI=1S/C18H23N5.HI/c1-14-5-4-6-16(11-14)22-18(19)21-13-15-7-8-20-17(12-15)23-9-2-3-10-23;/h4-8,11-12H,2-3,9-10,13H2,1H3,(H3,19,21,22);1H. The summed E-state index contributed by atoms with van der Waals surface area (Å²) in [6.45, 7) is 4.79. The molecule has 1 fully saturated rings. The van der Waals surface area contributed by atoms with Crippen LogP contribution in [0.25, 0.3) is 0 Å². The van der Waals surface area contributed by atoms with Gasteiger partial charge in [-0.05, 0) is 55.2 Å². The zero-order valence-corrected chi connectivity index (χ0v) is 16.2. The van der Waals surface area contributed by atoms with Gasteiger partial charge in [0.25, 0.3) is 0 Å². The lowest BCUT2D eigenvalue weighted by Crippen LogP contribution is -2.22. The van der Waals surface area contributed by atoms with Crippen LogP contribution in [0.2, 0.25) is 0 Å². The van der Waals surface area contributed by atoms with Gasteiger partial charge in [-0.3, -0.25) is 0 Å². The van der Waals surface area contributed by atoms with Crippen molar-refractivity contribution in [3.8, 4) is 0 Å². The molecule has 0 spiro atoms. The molecule has 5 nitrogen and oxygen atoms in total. The number of nitrogens with zero attached hydrogens (tertiary/aromatic N) is 3. The van der Waals surface area contributed by atoms with Crippen molar-refractivity contribution in [2.45, 2.75) is 26.3 Å². The van der Waals surface area contributed by atoms with E-state index >= 15 is 0 Å². The number of rotatable bonds is 4. The molecule has 1 aliphatic rings. The van der Waals surface area contributed by atoms with Gasteiger partial charge >= 0.3 is 0 Å². The molecular formula is C18H24IN5. The Labute approximate surface area is 160 Å². The number of nitrogens with two attached hydrogens (primary N) is 1. The van der Waals surface area contributed by atoms with E-state index in [0.29, 0.717) is 12.5 Å². The van der Waals surface area contributed by atoms with Crippen LogP contribution in [0.5, 0.6) is 0 Å². The monoisotopic (exact) mass is 437 g/mol. The van der Waals surface area contributed by atoms with Crippen LogP contribution in [-0.4, -0.2) is 24.0 Å². The lowest BCUT2D eigenvalue weighted by Gasteiger charge is -2.16. The topological polar surface area (TPSA) is 66.5 Å². The molecule has 1 aromatic heterocycles. The summed E-state index contributed by atoms with van der Waals surface area (Å²) < 4.78 is 0. The number of benzene rings is 1. The fraction of sp³-hybridized carbons (Fsp3) is 0.333. The summed E-state index contributed by atoms with van der Waals surface area (Å²) in [6.07, 6.45) is 4.34. The SMILES string of the molecule is Cc1cccc(NC(N)=NCc2ccnc(N3CCCC3)c2)c1.I. The van der Waals surface area contributed by atoms with Crippen molar-refractivity contribution in [3.05, 3.63) is 53.7 Å². The second-order valence-corrected chi connectivity index (χ2v) is 5.91. The smallest absolute Gasteiger partial charge is 0.193 e. The highest BCUT2D eigenvalue weighted by atomic mass is 127. The summed E-state index contributed by atoms with van der Waals surface area (Å²) in [7, 11) is 0. The molecule has 3 N–H and O–H groups in total. The average Bonchev–Trinajstić information content (AvgIpc) is 3.08. The van der Waals surface area contributed by atoms with E-state index < -0.39 is 0 Å². The summed E-state index contributed by atoms with van der Waals surface area (Å²) >= 11 is 0. The number of aliphatic imine (C=N–C) groups is 1. The van der Waals surface area contributed by atoms with E-state index in [9.17, 15) is 0 Å². The molecule has 0 aliphatic carbocycles. The molecule has 1 aliphatic heterocycles. The minimum Gasteiger partial charge on any atom is -0.370 e. The Morgan fingerprint density at radius 2 is 2.04 bits per heavy atom. The fourth-order valence-corrected chi connectivity index (χ4v) is 2.76. The maximum atomic E-state index is 5.98. The molecule has 2 aromatic rings. The third-order valence-electron chi connectivity index (χ3n) is 3.96. The van der Waals surface area contributed by atoms with Gasteiger partial charge in [0.2, 0.25) is 0 Å². The Morgan fingerprint density at radius 1 is 1.25 bits per heavy atom. The fourth-order valence-electron chi connectivity index (χ4n) is 2.76. The summed E-state index contributed by atoms with van der Waals surface area (Å²) in [5.74, 6) is 1.47. The van der Waals surface area contributed by atoms with E-state index in [-0.39, 0.29) is 24.0 Å². The Morgan fingerprint density at radius 3 is 2.79 bits per heavy atom. The summed E-state index contributed by atoms with van der Waals surface area (Å²) in [5, 5.41) is 3.12. The Hall–Kier alpha value is -1.83. The number of hydrogen-bond acceptors (Lipinski definition) is 3. The van der Waals surface area contributed by atoms with Gasteiger partial charge in [0.1, 0.15) is 5.82 Å². The number of aryl methyl sites for hydroxylation is 1. The Bertz CT molecular complexity index is 695. The first-order valence-electron chi connectivity index (χ1n) is 8.04. The highest BCUT2D eigenvalue weighted by Gasteiger charge is 2.13. The lowest BCUT2D eigenvalue weighted by molar-refractivity contribution is 0.928. The molecule has 6 heteroatoms. The predicted octanol–water partition coefficient (Wildman–Crippen LogP) is 3.54. The lowest BCUT2D eigenvalue weighted by atomic mass is 10.2. The summed E-state index contributed by atoms with van der Waals surface area (Å²) in [5.41, 5.74) is 9.24. The first-order chi connectivity index (χ1) is 11.2. The second-order valence-electron chi connectivity index (χ2n) is 5.91. The molecule has 0 bridgehead atoms. The van der Waals surface area contributed by atoms with Gasteiger partial charge in [0, 0.05) is 25.0 Å². The number of nitrogens with one attached hydrogen (secondary N) is 1. The van der Waals surface area contributed by atoms with Crippen molar-refractivity contribution in [3.63, 3.8) is 0 Å². The third kappa shape index (κ3) is 5.09. The van der Waals surface area contributed by atoms with Gasteiger partial charge in [-0.2, -0.15) is 0 Å². The second kappa shape index (κ2) is 8.86. The molecule has 2 heterocycles. The molecule has 1 aromatic carbocycles. The molecular weight excluding hydrogens is 413 g/mol. The van der Waals surface area contributed by atoms with Gasteiger partial charge in [0.05, 0.1) is 6.54 Å². The molecule has 1 saturated heterocycles. The Kier molecular flexibility index (Phi) is 6.84. The number of hydrogen-bond donors (Lipinski definition) is 2. The average molecular weight is 437 g/mol. The van der Waals surface area contributed by atoms with E-state index in [1.807, 2.05) is 30.5 Å². The van der Waals surface area contributed by atoms with Crippen molar-refractivity contribution >= 4 is 41.4 Å².